The number of aliphatic hydroxyl groups is 1. The highest BCUT2D eigenvalue weighted by Gasteiger charge is 2.20. The number of aliphatic hydroxyl groups excluding tert-OH is 1. The zero-order valence-electron chi connectivity index (χ0n) is 10.9. The maximum absolute atomic E-state index is 10.6. The minimum atomic E-state index is -0.898. The third-order valence-electron chi connectivity index (χ3n) is 3.30. The molecule has 0 amide bonds. The van der Waals surface area contributed by atoms with Gasteiger partial charge in [0.15, 0.2) is 0 Å². The minimum Gasteiger partial charge on any atom is -0.383 e. The van der Waals surface area contributed by atoms with Crippen molar-refractivity contribution >= 4 is 23.2 Å². The molecule has 0 radical (unpaired) electrons. The number of aromatic amines is 1. The van der Waals surface area contributed by atoms with Gasteiger partial charge in [-0.25, -0.2) is 0 Å². The Morgan fingerprint density at radius 2 is 1.71 bits per heavy atom. The molecular formula is C16H12Cl2N2O. The summed E-state index contributed by atoms with van der Waals surface area (Å²) in [4.78, 5) is 0. The summed E-state index contributed by atoms with van der Waals surface area (Å²) in [7, 11) is 0. The molecule has 2 N–H and O–H groups in total. The number of halogens is 2. The van der Waals surface area contributed by atoms with Crippen molar-refractivity contribution in [3.63, 3.8) is 0 Å². The monoisotopic (exact) mass is 318 g/mol. The summed E-state index contributed by atoms with van der Waals surface area (Å²) >= 11 is 12.2. The lowest BCUT2D eigenvalue weighted by Gasteiger charge is -2.14. The first-order valence-electron chi connectivity index (χ1n) is 6.39. The van der Waals surface area contributed by atoms with Gasteiger partial charge >= 0.3 is 0 Å². The molecule has 1 heterocycles. The topological polar surface area (TPSA) is 48.9 Å². The third kappa shape index (κ3) is 2.68. The van der Waals surface area contributed by atoms with Crippen LogP contribution in [-0.4, -0.2) is 15.3 Å². The average Bonchev–Trinajstić information content (AvgIpc) is 3.00. The van der Waals surface area contributed by atoms with Crippen molar-refractivity contribution in [2.24, 2.45) is 0 Å². The smallest absolute Gasteiger partial charge is 0.109 e. The molecule has 0 aliphatic heterocycles. The van der Waals surface area contributed by atoms with E-state index in [-0.39, 0.29) is 0 Å². The summed E-state index contributed by atoms with van der Waals surface area (Å²) in [6.07, 6.45) is 0.703. The summed E-state index contributed by atoms with van der Waals surface area (Å²) in [5, 5.41) is 18.4. The zero-order chi connectivity index (χ0) is 14.8. The van der Waals surface area contributed by atoms with E-state index in [0.717, 1.165) is 11.3 Å². The van der Waals surface area contributed by atoms with Gasteiger partial charge in [-0.05, 0) is 11.6 Å². The number of H-pyrrole nitrogens is 1. The van der Waals surface area contributed by atoms with E-state index in [4.69, 9.17) is 23.2 Å². The van der Waals surface area contributed by atoms with Gasteiger partial charge in [-0.3, -0.25) is 5.10 Å². The molecule has 0 saturated carbocycles. The van der Waals surface area contributed by atoms with Crippen LogP contribution in [0.15, 0.2) is 54.7 Å². The highest BCUT2D eigenvalue weighted by Crippen LogP contribution is 2.36. The van der Waals surface area contributed by atoms with Crippen LogP contribution in [0.1, 0.15) is 17.2 Å². The van der Waals surface area contributed by atoms with Crippen molar-refractivity contribution in [2.45, 2.75) is 6.10 Å². The van der Waals surface area contributed by atoms with Crippen molar-refractivity contribution in [3.8, 4) is 11.3 Å². The van der Waals surface area contributed by atoms with Crippen molar-refractivity contribution in [3.05, 3.63) is 75.9 Å². The molecule has 0 aliphatic carbocycles. The maximum Gasteiger partial charge on any atom is 0.109 e. The van der Waals surface area contributed by atoms with Crippen LogP contribution in [0.4, 0.5) is 0 Å². The van der Waals surface area contributed by atoms with E-state index in [1.807, 2.05) is 30.3 Å². The Labute approximate surface area is 132 Å². The van der Waals surface area contributed by atoms with E-state index in [9.17, 15) is 5.11 Å². The minimum absolute atomic E-state index is 0.354. The first-order chi connectivity index (χ1) is 10.2. The van der Waals surface area contributed by atoms with Crippen LogP contribution in [0.25, 0.3) is 11.3 Å². The third-order valence-corrected chi connectivity index (χ3v) is 4.14. The lowest BCUT2D eigenvalue weighted by Crippen LogP contribution is -2.01. The quantitative estimate of drug-likeness (QED) is 0.748. The van der Waals surface area contributed by atoms with Gasteiger partial charge in [-0.15, -0.1) is 0 Å². The van der Waals surface area contributed by atoms with Gasteiger partial charge in [0.2, 0.25) is 0 Å². The average molecular weight is 319 g/mol. The predicted octanol–water partition coefficient (Wildman–Crippen LogP) is 4.47. The number of aromatic nitrogens is 2. The van der Waals surface area contributed by atoms with Crippen molar-refractivity contribution in [1.29, 1.82) is 0 Å². The van der Waals surface area contributed by atoms with E-state index in [2.05, 4.69) is 10.2 Å². The van der Waals surface area contributed by atoms with Crippen molar-refractivity contribution < 1.29 is 5.11 Å². The fraction of sp³-hybridized carbons (Fsp3) is 0.0625. The van der Waals surface area contributed by atoms with Gasteiger partial charge in [0.1, 0.15) is 6.10 Å². The molecule has 0 saturated heterocycles. The van der Waals surface area contributed by atoms with Crippen LogP contribution in [0.5, 0.6) is 0 Å². The SMILES string of the molecule is OC(c1cn[nH]c1-c1ccccc1)c1cccc(Cl)c1Cl. The molecule has 3 rings (SSSR count). The Morgan fingerprint density at radius 1 is 0.952 bits per heavy atom. The zero-order valence-corrected chi connectivity index (χ0v) is 12.4. The van der Waals surface area contributed by atoms with Crippen molar-refractivity contribution in [1.82, 2.24) is 10.2 Å². The normalized spacial score (nSPS) is 12.3. The Morgan fingerprint density at radius 3 is 2.48 bits per heavy atom. The molecule has 3 aromatic rings. The Bertz CT molecular complexity index is 756. The van der Waals surface area contributed by atoms with Gasteiger partial charge in [0.05, 0.1) is 21.9 Å². The first kappa shape index (κ1) is 14.1. The van der Waals surface area contributed by atoms with E-state index in [1.165, 1.54) is 0 Å². The van der Waals surface area contributed by atoms with Gasteiger partial charge in [-0.1, -0.05) is 65.7 Å². The summed E-state index contributed by atoms with van der Waals surface area (Å²) in [6.45, 7) is 0. The van der Waals surface area contributed by atoms with E-state index >= 15 is 0 Å². The highest BCUT2D eigenvalue weighted by molar-refractivity contribution is 6.42. The van der Waals surface area contributed by atoms with E-state index in [0.29, 0.717) is 21.2 Å². The summed E-state index contributed by atoms with van der Waals surface area (Å²) < 4.78 is 0. The largest absolute Gasteiger partial charge is 0.383 e. The maximum atomic E-state index is 10.6. The van der Waals surface area contributed by atoms with Crippen LogP contribution in [-0.2, 0) is 0 Å². The standard InChI is InChI=1S/C16H12Cl2N2O/c17-13-8-4-7-11(14(13)18)16(21)12-9-19-20-15(12)10-5-2-1-3-6-10/h1-9,16,21H,(H,19,20). The number of benzene rings is 2. The molecule has 2 aromatic carbocycles. The molecule has 1 unspecified atom stereocenters. The molecule has 21 heavy (non-hydrogen) atoms. The number of nitrogens with zero attached hydrogens (tertiary/aromatic N) is 1. The lowest BCUT2D eigenvalue weighted by atomic mass is 9.99. The van der Waals surface area contributed by atoms with Crippen LogP contribution in [0.2, 0.25) is 10.0 Å². The van der Waals surface area contributed by atoms with Crippen LogP contribution in [0.3, 0.4) is 0 Å². The fourth-order valence-electron chi connectivity index (χ4n) is 2.24. The Hall–Kier alpha value is -1.81. The highest BCUT2D eigenvalue weighted by atomic mass is 35.5. The second-order valence-corrected chi connectivity index (χ2v) is 5.40. The van der Waals surface area contributed by atoms with E-state index in [1.54, 1.807) is 24.4 Å². The Kier molecular flexibility index (Phi) is 3.97. The molecule has 3 nitrogen and oxygen atoms in total. The molecule has 0 bridgehead atoms. The van der Waals surface area contributed by atoms with Crippen LogP contribution < -0.4 is 0 Å². The van der Waals surface area contributed by atoms with Crippen molar-refractivity contribution in [2.75, 3.05) is 0 Å². The predicted molar refractivity (Wildman–Crippen MR) is 84.5 cm³/mol. The van der Waals surface area contributed by atoms with Gasteiger partial charge < -0.3 is 5.11 Å². The molecule has 1 aromatic heterocycles. The molecule has 1 atom stereocenters. The number of rotatable bonds is 3. The van der Waals surface area contributed by atoms with Gasteiger partial charge in [0.25, 0.3) is 0 Å². The Balaban J connectivity index is 2.06. The molecule has 0 aliphatic rings. The first-order valence-corrected chi connectivity index (χ1v) is 7.14. The molecule has 0 spiro atoms. The van der Waals surface area contributed by atoms with Gasteiger partial charge in [-0.2, -0.15) is 5.10 Å². The molecule has 106 valence electrons. The van der Waals surface area contributed by atoms with Gasteiger partial charge in [0, 0.05) is 11.1 Å². The number of nitrogens with one attached hydrogen (secondary N) is 1. The molecule has 5 heteroatoms. The summed E-state index contributed by atoms with van der Waals surface area (Å²) in [6, 6.07) is 14.9. The summed E-state index contributed by atoms with van der Waals surface area (Å²) in [5.41, 5.74) is 2.93. The lowest BCUT2D eigenvalue weighted by molar-refractivity contribution is 0.221. The van der Waals surface area contributed by atoms with E-state index < -0.39 is 6.10 Å². The number of hydrogen-bond acceptors (Lipinski definition) is 2. The molecule has 0 fully saturated rings. The fourth-order valence-corrected chi connectivity index (χ4v) is 2.65. The van der Waals surface area contributed by atoms with Crippen LogP contribution in [0, 0.1) is 0 Å². The van der Waals surface area contributed by atoms with Crippen LogP contribution >= 0.6 is 23.2 Å². The second kappa shape index (κ2) is 5.90. The number of hydrogen-bond donors (Lipinski definition) is 2. The summed E-state index contributed by atoms with van der Waals surface area (Å²) in [5.74, 6) is 0. The molecular weight excluding hydrogens is 307 g/mol. The second-order valence-electron chi connectivity index (χ2n) is 4.61.